The third-order valence-electron chi connectivity index (χ3n) is 5.93. The van der Waals surface area contributed by atoms with Crippen LogP contribution in [0.1, 0.15) is 48.1 Å². The van der Waals surface area contributed by atoms with E-state index in [0.29, 0.717) is 13.0 Å². The minimum absolute atomic E-state index is 0.0338. The molecule has 0 aliphatic carbocycles. The maximum absolute atomic E-state index is 13.4. The molecular formula is C23H25BrN2O2. The van der Waals surface area contributed by atoms with Gasteiger partial charge in [-0.1, -0.05) is 40.2 Å². The van der Waals surface area contributed by atoms with Crippen LogP contribution in [-0.4, -0.2) is 29.8 Å². The van der Waals surface area contributed by atoms with Crippen LogP contribution >= 0.6 is 15.9 Å². The van der Waals surface area contributed by atoms with Gasteiger partial charge in [-0.3, -0.25) is 9.59 Å². The van der Waals surface area contributed by atoms with Gasteiger partial charge in [0.15, 0.2) is 0 Å². The van der Waals surface area contributed by atoms with Crippen molar-refractivity contribution in [2.75, 3.05) is 18.0 Å². The van der Waals surface area contributed by atoms with Crippen molar-refractivity contribution in [3.63, 3.8) is 0 Å². The van der Waals surface area contributed by atoms with Gasteiger partial charge in [-0.25, -0.2) is 0 Å². The Morgan fingerprint density at radius 1 is 1.11 bits per heavy atom. The molecule has 2 aromatic carbocycles. The van der Waals surface area contributed by atoms with E-state index in [-0.39, 0.29) is 17.9 Å². The number of fused-ring (bicyclic) bond motifs is 2. The molecule has 2 aliphatic heterocycles. The van der Waals surface area contributed by atoms with Crippen LogP contribution in [-0.2, 0) is 22.4 Å². The Morgan fingerprint density at radius 2 is 1.89 bits per heavy atom. The SMILES string of the molecule is CC(=O)N1CCc2ccccc2C1CC(=O)N1CCCc2cc(Br)cc(C)c21. The van der Waals surface area contributed by atoms with E-state index in [1.807, 2.05) is 21.9 Å². The largest absolute Gasteiger partial charge is 0.335 e. The molecule has 0 aromatic heterocycles. The Balaban J connectivity index is 1.66. The van der Waals surface area contributed by atoms with Crippen molar-refractivity contribution in [1.82, 2.24) is 4.90 Å². The van der Waals surface area contributed by atoms with Crippen LogP contribution < -0.4 is 4.90 Å². The van der Waals surface area contributed by atoms with Crippen LogP contribution in [0.5, 0.6) is 0 Å². The lowest BCUT2D eigenvalue weighted by Gasteiger charge is -2.38. The third-order valence-corrected chi connectivity index (χ3v) is 6.39. The minimum atomic E-state index is -0.184. The summed E-state index contributed by atoms with van der Waals surface area (Å²) in [6.45, 7) is 5.08. The van der Waals surface area contributed by atoms with Gasteiger partial charge >= 0.3 is 0 Å². The highest BCUT2D eigenvalue weighted by Gasteiger charge is 2.33. The van der Waals surface area contributed by atoms with E-state index >= 15 is 0 Å². The molecule has 28 heavy (non-hydrogen) atoms. The predicted octanol–water partition coefficient (Wildman–Crippen LogP) is 4.57. The molecule has 1 unspecified atom stereocenters. The molecule has 0 fully saturated rings. The van der Waals surface area contributed by atoms with Gasteiger partial charge < -0.3 is 9.80 Å². The molecule has 0 radical (unpaired) electrons. The number of carbonyl (C=O) groups is 2. The Morgan fingerprint density at radius 3 is 2.68 bits per heavy atom. The number of carbonyl (C=O) groups excluding carboxylic acids is 2. The van der Waals surface area contributed by atoms with E-state index in [9.17, 15) is 9.59 Å². The first-order valence-corrected chi connectivity index (χ1v) is 10.7. The summed E-state index contributed by atoms with van der Waals surface area (Å²) in [6.07, 6.45) is 3.13. The van der Waals surface area contributed by atoms with Crippen LogP contribution in [0.3, 0.4) is 0 Å². The summed E-state index contributed by atoms with van der Waals surface area (Å²) in [4.78, 5) is 29.5. The fraction of sp³-hybridized carbons (Fsp3) is 0.391. The summed E-state index contributed by atoms with van der Waals surface area (Å²) >= 11 is 3.57. The number of hydrogen-bond donors (Lipinski definition) is 0. The second-order valence-corrected chi connectivity index (χ2v) is 8.68. The van der Waals surface area contributed by atoms with Gasteiger partial charge in [-0.05, 0) is 60.6 Å². The van der Waals surface area contributed by atoms with Crippen molar-refractivity contribution < 1.29 is 9.59 Å². The van der Waals surface area contributed by atoms with Gasteiger partial charge in [0.2, 0.25) is 11.8 Å². The van der Waals surface area contributed by atoms with Crippen LogP contribution in [0.4, 0.5) is 5.69 Å². The van der Waals surface area contributed by atoms with E-state index in [1.165, 1.54) is 11.1 Å². The first-order valence-electron chi connectivity index (χ1n) is 9.90. The molecule has 2 aliphatic rings. The molecule has 2 heterocycles. The third kappa shape index (κ3) is 3.48. The van der Waals surface area contributed by atoms with Gasteiger partial charge in [0, 0.05) is 30.2 Å². The van der Waals surface area contributed by atoms with E-state index in [0.717, 1.165) is 47.1 Å². The standard InChI is InChI=1S/C23H25BrN2O2/c1-15-12-19(24)13-18-7-5-10-26(23(15)18)22(28)14-21-20-8-4-3-6-17(20)9-11-25(21)16(2)27/h3-4,6,8,12-13,21H,5,7,9-11,14H2,1-2H3. The normalized spacial score (nSPS) is 18.5. The molecule has 4 rings (SSSR count). The zero-order valence-corrected chi connectivity index (χ0v) is 18.0. The molecule has 0 bridgehead atoms. The molecule has 0 N–H and O–H groups in total. The minimum Gasteiger partial charge on any atom is -0.335 e. The molecular weight excluding hydrogens is 416 g/mol. The van der Waals surface area contributed by atoms with Gasteiger partial charge in [0.25, 0.3) is 0 Å². The first kappa shape index (κ1) is 19.2. The molecule has 5 heteroatoms. The molecule has 0 saturated heterocycles. The molecule has 0 saturated carbocycles. The monoisotopic (exact) mass is 440 g/mol. The Labute approximate surface area is 174 Å². The Kier molecular flexibility index (Phi) is 5.28. The average Bonchev–Trinajstić information content (AvgIpc) is 2.67. The summed E-state index contributed by atoms with van der Waals surface area (Å²) in [7, 11) is 0. The van der Waals surface area contributed by atoms with Gasteiger partial charge in [-0.15, -0.1) is 0 Å². The van der Waals surface area contributed by atoms with Crippen LogP contribution in [0, 0.1) is 6.92 Å². The summed E-state index contributed by atoms with van der Waals surface area (Å²) < 4.78 is 1.06. The highest BCUT2D eigenvalue weighted by atomic mass is 79.9. The number of aryl methyl sites for hydroxylation is 2. The van der Waals surface area contributed by atoms with E-state index in [4.69, 9.17) is 0 Å². The van der Waals surface area contributed by atoms with Crippen molar-refractivity contribution in [2.45, 2.75) is 45.6 Å². The van der Waals surface area contributed by atoms with Crippen molar-refractivity contribution in [3.8, 4) is 0 Å². The number of hydrogen-bond acceptors (Lipinski definition) is 2. The number of halogens is 1. The smallest absolute Gasteiger partial charge is 0.229 e. The summed E-state index contributed by atoms with van der Waals surface area (Å²) in [5.41, 5.74) is 5.75. The summed E-state index contributed by atoms with van der Waals surface area (Å²) in [5.74, 6) is 0.130. The second kappa shape index (κ2) is 7.70. The van der Waals surface area contributed by atoms with Crippen molar-refractivity contribution in [2.24, 2.45) is 0 Å². The number of rotatable bonds is 2. The van der Waals surface area contributed by atoms with Gasteiger partial charge in [-0.2, -0.15) is 0 Å². The Hall–Kier alpha value is -2.14. The zero-order chi connectivity index (χ0) is 19.8. The summed E-state index contributed by atoms with van der Waals surface area (Å²) in [6, 6.07) is 12.2. The van der Waals surface area contributed by atoms with Crippen molar-refractivity contribution >= 4 is 33.4 Å². The van der Waals surface area contributed by atoms with E-state index in [1.54, 1.807) is 6.92 Å². The number of anilines is 1. The van der Waals surface area contributed by atoms with Crippen molar-refractivity contribution in [1.29, 1.82) is 0 Å². The predicted molar refractivity (Wildman–Crippen MR) is 114 cm³/mol. The lowest BCUT2D eigenvalue weighted by molar-refractivity contribution is -0.133. The zero-order valence-electron chi connectivity index (χ0n) is 16.4. The quantitative estimate of drug-likeness (QED) is 0.685. The average molecular weight is 441 g/mol. The summed E-state index contributed by atoms with van der Waals surface area (Å²) in [5, 5.41) is 0. The molecule has 2 amide bonds. The van der Waals surface area contributed by atoms with Gasteiger partial charge in [0.1, 0.15) is 0 Å². The first-order chi connectivity index (χ1) is 13.5. The van der Waals surface area contributed by atoms with Crippen LogP contribution in [0.2, 0.25) is 0 Å². The Bertz CT molecular complexity index is 940. The van der Waals surface area contributed by atoms with E-state index < -0.39 is 0 Å². The molecule has 146 valence electrons. The molecule has 4 nitrogen and oxygen atoms in total. The maximum atomic E-state index is 13.4. The van der Waals surface area contributed by atoms with E-state index in [2.05, 4.69) is 47.1 Å². The highest BCUT2D eigenvalue weighted by molar-refractivity contribution is 9.10. The fourth-order valence-electron chi connectivity index (χ4n) is 4.69. The molecule has 1 atom stereocenters. The van der Waals surface area contributed by atoms with Crippen LogP contribution in [0.25, 0.3) is 0 Å². The second-order valence-electron chi connectivity index (χ2n) is 7.76. The molecule has 0 spiro atoms. The topological polar surface area (TPSA) is 40.6 Å². The molecule has 2 aromatic rings. The van der Waals surface area contributed by atoms with Crippen LogP contribution in [0.15, 0.2) is 40.9 Å². The lowest BCUT2D eigenvalue weighted by atomic mass is 9.89. The van der Waals surface area contributed by atoms with Crippen molar-refractivity contribution in [3.05, 3.63) is 63.1 Å². The number of benzene rings is 2. The number of amides is 2. The maximum Gasteiger partial charge on any atom is 0.229 e. The fourth-order valence-corrected chi connectivity index (χ4v) is 5.31. The van der Waals surface area contributed by atoms with Gasteiger partial charge in [0.05, 0.1) is 12.5 Å². The highest BCUT2D eigenvalue weighted by Crippen LogP contribution is 2.37. The lowest BCUT2D eigenvalue weighted by Crippen LogP contribution is -2.43. The number of nitrogens with zero attached hydrogens (tertiary/aromatic N) is 2.